The van der Waals surface area contributed by atoms with Gasteiger partial charge in [0.25, 0.3) is 0 Å². The van der Waals surface area contributed by atoms with Crippen molar-refractivity contribution < 1.29 is 9.53 Å². The standard InChI is InChI=1S/C13H22N4O2/c1-16(8-11-6-15-17(2)9-11)10-13(18)14-7-12-4-3-5-19-12/h6,9,12H,3-5,7-8,10H2,1-2H3,(H,14,18). The number of amides is 1. The molecule has 1 amide bonds. The maximum absolute atomic E-state index is 11.8. The van der Waals surface area contributed by atoms with Crippen molar-refractivity contribution in [3.8, 4) is 0 Å². The topological polar surface area (TPSA) is 59.4 Å². The lowest BCUT2D eigenvalue weighted by Gasteiger charge is -2.16. The molecule has 0 aromatic carbocycles. The van der Waals surface area contributed by atoms with Crippen LogP contribution in [0.5, 0.6) is 0 Å². The first-order chi connectivity index (χ1) is 9.13. The smallest absolute Gasteiger partial charge is 0.234 e. The average Bonchev–Trinajstić information content (AvgIpc) is 2.98. The number of aryl methyl sites for hydroxylation is 1. The van der Waals surface area contributed by atoms with Crippen molar-refractivity contribution >= 4 is 5.91 Å². The lowest BCUT2D eigenvalue weighted by molar-refractivity contribution is -0.122. The Morgan fingerprint density at radius 1 is 1.68 bits per heavy atom. The Labute approximate surface area is 113 Å². The minimum atomic E-state index is 0.0434. The second-order valence-electron chi connectivity index (χ2n) is 5.13. The third-order valence-corrected chi connectivity index (χ3v) is 3.18. The third-order valence-electron chi connectivity index (χ3n) is 3.18. The zero-order valence-corrected chi connectivity index (χ0v) is 11.6. The Morgan fingerprint density at radius 2 is 2.53 bits per heavy atom. The summed E-state index contributed by atoms with van der Waals surface area (Å²) >= 11 is 0. The highest BCUT2D eigenvalue weighted by Gasteiger charge is 2.16. The summed E-state index contributed by atoms with van der Waals surface area (Å²) in [6.45, 7) is 2.56. The van der Waals surface area contributed by atoms with Crippen LogP contribution >= 0.6 is 0 Å². The van der Waals surface area contributed by atoms with E-state index in [2.05, 4.69) is 10.4 Å². The maximum atomic E-state index is 11.8. The molecule has 1 aliphatic heterocycles. The predicted octanol–water partition coefficient (Wildman–Crippen LogP) is 0.147. The van der Waals surface area contributed by atoms with E-state index in [1.54, 1.807) is 4.68 Å². The van der Waals surface area contributed by atoms with Crippen molar-refractivity contribution in [2.75, 3.05) is 26.7 Å². The number of likely N-dealkylation sites (N-methyl/N-ethyl adjacent to an activating group) is 1. The number of hydrogen-bond donors (Lipinski definition) is 1. The van der Waals surface area contributed by atoms with Crippen molar-refractivity contribution in [1.29, 1.82) is 0 Å². The molecule has 1 atom stereocenters. The highest BCUT2D eigenvalue weighted by Crippen LogP contribution is 2.10. The molecule has 1 aliphatic rings. The Hall–Kier alpha value is -1.40. The molecule has 0 radical (unpaired) electrons. The van der Waals surface area contributed by atoms with Gasteiger partial charge in [-0.25, -0.2) is 0 Å². The Kier molecular flexibility index (Phi) is 4.93. The van der Waals surface area contributed by atoms with Gasteiger partial charge in [0.15, 0.2) is 0 Å². The fourth-order valence-electron chi connectivity index (χ4n) is 2.26. The highest BCUT2D eigenvalue weighted by atomic mass is 16.5. The summed E-state index contributed by atoms with van der Waals surface area (Å²) in [5.41, 5.74) is 1.11. The Morgan fingerprint density at radius 3 is 3.16 bits per heavy atom. The van der Waals surface area contributed by atoms with E-state index < -0.39 is 0 Å². The van der Waals surface area contributed by atoms with Crippen LogP contribution in [0.25, 0.3) is 0 Å². The van der Waals surface area contributed by atoms with Crippen LogP contribution in [-0.4, -0.2) is 53.4 Å². The fourth-order valence-corrected chi connectivity index (χ4v) is 2.26. The van der Waals surface area contributed by atoms with Gasteiger partial charge in [0.2, 0.25) is 5.91 Å². The molecule has 1 N–H and O–H groups in total. The molecule has 6 nitrogen and oxygen atoms in total. The second kappa shape index (κ2) is 6.68. The van der Waals surface area contributed by atoms with E-state index in [0.717, 1.165) is 31.6 Å². The summed E-state index contributed by atoms with van der Waals surface area (Å²) in [6.07, 6.45) is 6.13. The highest BCUT2D eigenvalue weighted by molar-refractivity contribution is 5.77. The fraction of sp³-hybridized carbons (Fsp3) is 0.692. The predicted molar refractivity (Wildman–Crippen MR) is 71.5 cm³/mol. The quantitative estimate of drug-likeness (QED) is 0.796. The summed E-state index contributed by atoms with van der Waals surface area (Å²) in [5.74, 6) is 0.0434. The number of rotatable bonds is 6. The van der Waals surface area contributed by atoms with Crippen LogP contribution in [0.2, 0.25) is 0 Å². The van der Waals surface area contributed by atoms with Crippen molar-refractivity contribution in [3.63, 3.8) is 0 Å². The van der Waals surface area contributed by atoms with Crippen molar-refractivity contribution in [2.24, 2.45) is 7.05 Å². The summed E-state index contributed by atoms with van der Waals surface area (Å²) < 4.78 is 7.23. The van der Waals surface area contributed by atoms with E-state index in [1.807, 2.05) is 31.4 Å². The molecule has 0 spiro atoms. The number of carbonyl (C=O) groups is 1. The van der Waals surface area contributed by atoms with Gasteiger partial charge < -0.3 is 10.1 Å². The van der Waals surface area contributed by atoms with E-state index in [-0.39, 0.29) is 12.0 Å². The molecule has 1 unspecified atom stereocenters. The lowest BCUT2D eigenvalue weighted by atomic mass is 10.2. The number of carbonyl (C=O) groups excluding carboxylic acids is 1. The largest absolute Gasteiger partial charge is 0.376 e. The third kappa shape index (κ3) is 4.65. The summed E-state index contributed by atoms with van der Waals surface area (Å²) in [7, 11) is 3.82. The Balaban J connectivity index is 1.66. The first-order valence-electron chi connectivity index (χ1n) is 6.68. The zero-order chi connectivity index (χ0) is 13.7. The van der Waals surface area contributed by atoms with Crippen molar-refractivity contribution in [3.05, 3.63) is 18.0 Å². The van der Waals surface area contributed by atoms with Gasteiger partial charge in [0, 0.05) is 38.5 Å². The van der Waals surface area contributed by atoms with Gasteiger partial charge in [-0.2, -0.15) is 5.10 Å². The second-order valence-corrected chi connectivity index (χ2v) is 5.13. The molecule has 1 aromatic rings. The summed E-state index contributed by atoms with van der Waals surface area (Å²) in [4.78, 5) is 13.8. The molecule has 6 heteroatoms. The molecular formula is C13H22N4O2. The van der Waals surface area contributed by atoms with E-state index in [9.17, 15) is 4.79 Å². The lowest BCUT2D eigenvalue weighted by Crippen LogP contribution is -2.38. The van der Waals surface area contributed by atoms with Gasteiger partial charge in [-0.1, -0.05) is 0 Å². The first kappa shape index (κ1) is 14.0. The average molecular weight is 266 g/mol. The molecule has 19 heavy (non-hydrogen) atoms. The summed E-state index contributed by atoms with van der Waals surface area (Å²) in [6, 6.07) is 0. The monoisotopic (exact) mass is 266 g/mol. The number of aromatic nitrogens is 2. The number of nitrogens with zero attached hydrogens (tertiary/aromatic N) is 3. The van der Waals surface area contributed by atoms with Crippen LogP contribution in [0.3, 0.4) is 0 Å². The van der Waals surface area contributed by atoms with E-state index in [1.165, 1.54) is 0 Å². The molecule has 2 heterocycles. The van der Waals surface area contributed by atoms with Gasteiger partial charge >= 0.3 is 0 Å². The molecular weight excluding hydrogens is 244 g/mol. The SMILES string of the molecule is CN(CC(=O)NCC1CCCO1)Cc1cnn(C)c1. The summed E-state index contributed by atoms with van der Waals surface area (Å²) in [5, 5.41) is 7.03. The molecule has 106 valence electrons. The van der Waals surface area contributed by atoms with E-state index >= 15 is 0 Å². The molecule has 1 fully saturated rings. The van der Waals surface area contributed by atoms with Crippen LogP contribution < -0.4 is 5.32 Å². The van der Waals surface area contributed by atoms with Gasteiger partial charge in [0.05, 0.1) is 18.8 Å². The van der Waals surface area contributed by atoms with Gasteiger partial charge in [-0.3, -0.25) is 14.4 Å². The number of ether oxygens (including phenoxy) is 1. The van der Waals surface area contributed by atoms with Crippen LogP contribution in [0, 0.1) is 0 Å². The minimum absolute atomic E-state index is 0.0434. The molecule has 1 saturated heterocycles. The minimum Gasteiger partial charge on any atom is -0.376 e. The number of nitrogens with one attached hydrogen (secondary N) is 1. The van der Waals surface area contributed by atoms with Gasteiger partial charge in [-0.15, -0.1) is 0 Å². The van der Waals surface area contributed by atoms with E-state index in [0.29, 0.717) is 13.1 Å². The molecule has 0 saturated carbocycles. The zero-order valence-electron chi connectivity index (χ0n) is 11.6. The number of hydrogen-bond acceptors (Lipinski definition) is 4. The Bertz CT molecular complexity index is 413. The van der Waals surface area contributed by atoms with Crippen LogP contribution in [-0.2, 0) is 23.1 Å². The van der Waals surface area contributed by atoms with Crippen LogP contribution in [0.4, 0.5) is 0 Å². The molecule has 0 aliphatic carbocycles. The molecule has 0 bridgehead atoms. The molecule has 2 rings (SSSR count). The maximum Gasteiger partial charge on any atom is 0.234 e. The van der Waals surface area contributed by atoms with Gasteiger partial charge in [0.1, 0.15) is 0 Å². The van der Waals surface area contributed by atoms with Crippen LogP contribution in [0.1, 0.15) is 18.4 Å². The first-order valence-corrected chi connectivity index (χ1v) is 6.68. The van der Waals surface area contributed by atoms with Crippen LogP contribution in [0.15, 0.2) is 12.4 Å². The molecule has 1 aromatic heterocycles. The normalized spacial score (nSPS) is 19.0. The van der Waals surface area contributed by atoms with E-state index in [4.69, 9.17) is 4.74 Å². The van der Waals surface area contributed by atoms with Gasteiger partial charge in [-0.05, 0) is 19.9 Å². The van der Waals surface area contributed by atoms with Crippen molar-refractivity contribution in [1.82, 2.24) is 20.0 Å². The van der Waals surface area contributed by atoms with Crippen molar-refractivity contribution in [2.45, 2.75) is 25.5 Å².